The summed E-state index contributed by atoms with van der Waals surface area (Å²) in [6.45, 7) is 15.2. The van der Waals surface area contributed by atoms with Gasteiger partial charge in [0.1, 0.15) is 0 Å². The molecule has 0 aliphatic heterocycles. The first-order valence-electron chi connectivity index (χ1n) is 9.82. The predicted molar refractivity (Wildman–Crippen MR) is 115 cm³/mol. The van der Waals surface area contributed by atoms with Crippen LogP contribution in [0.5, 0.6) is 0 Å². The van der Waals surface area contributed by atoms with E-state index in [1.54, 1.807) is 0 Å². The Morgan fingerprint density at radius 3 is 1.61 bits per heavy atom. The zero-order chi connectivity index (χ0) is 20.4. The summed E-state index contributed by atoms with van der Waals surface area (Å²) < 4.78 is 4.54. The lowest BCUT2D eigenvalue weighted by molar-refractivity contribution is 0.318. The maximum absolute atomic E-state index is 4.59. The summed E-state index contributed by atoms with van der Waals surface area (Å²) in [4.78, 5) is 0. The van der Waals surface area contributed by atoms with E-state index in [1.807, 2.05) is 30.3 Å². The quantitative estimate of drug-likeness (QED) is 0.388. The fourth-order valence-corrected chi connectivity index (χ4v) is 3.26. The minimum Gasteiger partial charge on any atom is -0.308 e. The highest BCUT2D eigenvalue weighted by molar-refractivity contribution is 5.76. The Bertz CT molecular complexity index is 969. The second kappa shape index (κ2) is 7.74. The highest BCUT2D eigenvalue weighted by atomic mass is 15.4. The first-order chi connectivity index (χ1) is 13.1. The number of fused-ring (bicyclic) bond motifs is 1. The van der Waals surface area contributed by atoms with E-state index in [0.29, 0.717) is 0 Å². The molecule has 0 unspecified atom stereocenters. The van der Waals surface area contributed by atoms with Crippen LogP contribution in [0.4, 0.5) is 5.69 Å². The van der Waals surface area contributed by atoms with Crippen LogP contribution in [0.1, 0.15) is 41.5 Å². The van der Waals surface area contributed by atoms with Gasteiger partial charge in [-0.15, -0.1) is 5.11 Å². The van der Waals surface area contributed by atoms with Crippen molar-refractivity contribution in [3.05, 3.63) is 60.2 Å². The highest BCUT2D eigenvalue weighted by Gasteiger charge is 2.20. The monoisotopic (exact) mass is 377 g/mol. The van der Waals surface area contributed by atoms with Gasteiger partial charge < -0.3 is 9.13 Å². The van der Waals surface area contributed by atoms with Crippen LogP contribution in [0.25, 0.3) is 11.0 Å². The van der Waals surface area contributed by atoms with E-state index in [4.69, 9.17) is 0 Å². The van der Waals surface area contributed by atoms with Gasteiger partial charge in [0.05, 0.1) is 16.7 Å². The highest BCUT2D eigenvalue weighted by Crippen LogP contribution is 2.23. The number of hydrogen-bond acceptors (Lipinski definition) is 2. The molecule has 2 aromatic carbocycles. The van der Waals surface area contributed by atoms with Gasteiger partial charge in [0, 0.05) is 13.1 Å². The Morgan fingerprint density at radius 2 is 1.14 bits per heavy atom. The van der Waals surface area contributed by atoms with Gasteiger partial charge in [0.25, 0.3) is 0 Å². The molecule has 1 heterocycles. The van der Waals surface area contributed by atoms with Crippen LogP contribution in [0.2, 0.25) is 0 Å². The van der Waals surface area contributed by atoms with Gasteiger partial charge in [0.2, 0.25) is 5.62 Å². The summed E-state index contributed by atoms with van der Waals surface area (Å²) in [6.07, 6.45) is 0. The Labute approximate surface area is 167 Å². The number of nitrogens with zero attached hydrogens (tertiary/aromatic N) is 5. The van der Waals surface area contributed by atoms with Gasteiger partial charge in [-0.2, -0.15) is 0 Å². The number of benzene rings is 2. The molecule has 0 saturated heterocycles. The Balaban J connectivity index is 2.21. The molecule has 0 saturated carbocycles. The lowest BCUT2D eigenvalue weighted by Gasteiger charge is -2.21. The van der Waals surface area contributed by atoms with Crippen LogP contribution < -0.4 is 5.62 Å². The summed E-state index contributed by atoms with van der Waals surface area (Å²) >= 11 is 0. The molecular formula is C23H31N5. The van der Waals surface area contributed by atoms with Crippen LogP contribution in [0.3, 0.4) is 0 Å². The van der Waals surface area contributed by atoms with Gasteiger partial charge in [-0.05, 0) is 40.3 Å². The van der Waals surface area contributed by atoms with Gasteiger partial charge in [-0.1, -0.05) is 77.0 Å². The SMILES string of the molecule is CC(C)(C)Cn1c(=NN=Nc2ccccc2)n(CC(C)(C)C)c2ccccc21. The zero-order valence-corrected chi connectivity index (χ0v) is 17.8. The summed E-state index contributed by atoms with van der Waals surface area (Å²) in [5.41, 5.74) is 4.22. The molecule has 0 spiro atoms. The van der Waals surface area contributed by atoms with E-state index in [9.17, 15) is 0 Å². The smallest absolute Gasteiger partial charge is 0.232 e. The predicted octanol–water partition coefficient (Wildman–Crippen LogP) is 6.13. The van der Waals surface area contributed by atoms with Gasteiger partial charge in [-0.25, -0.2) is 0 Å². The molecule has 5 nitrogen and oxygen atoms in total. The standard InChI is InChI=1S/C23H31N5/c1-22(2,3)16-27-19-14-10-11-15-20(19)28(17-23(4,5)6)21(27)25-26-24-18-12-8-7-9-13-18/h7-15H,16-17H2,1-6H3. The average molecular weight is 378 g/mol. The molecule has 28 heavy (non-hydrogen) atoms. The second-order valence-corrected chi connectivity index (χ2v) is 9.71. The maximum Gasteiger partial charge on any atom is 0.232 e. The molecule has 0 aliphatic rings. The number of imidazole rings is 1. The van der Waals surface area contributed by atoms with E-state index in [-0.39, 0.29) is 10.8 Å². The first kappa shape index (κ1) is 20.1. The van der Waals surface area contributed by atoms with Gasteiger partial charge >= 0.3 is 0 Å². The summed E-state index contributed by atoms with van der Waals surface area (Å²) in [6, 6.07) is 18.2. The van der Waals surface area contributed by atoms with Crippen molar-refractivity contribution in [2.75, 3.05) is 0 Å². The zero-order valence-electron chi connectivity index (χ0n) is 17.8. The molecule has 3 aromatic rings. The van der Waals surface area contributed by atoms with Crippen LogP contribution in [-0.2, 0) is 13.1 Å². The van der Waals surface area contributed by atoms with Crippen LogP contribution in [0, 0.1) is 10.8 Å². The third-order valence-corrected chi connectivity index (χ3v) is 4.26. The Hall–Kier alpha value is -2.69. The maximum atomic E-state index is 4.59. The van der Waals surface area contributed by atoms with Crippen molar-refractivity contribution in [3.63, 3.8) is 0 Å². The molecular weight excluding hydrogens is 346 g/mol. The number of para-hydroxylation sites is 2. The second-order valence-electron chi connectivity index (χ2n) is 9.71. The van der Waals surface area contributed by atoms with Crippen LogP contribution in [-0.4, -0.2) is 9.13 Å². The number of hydrogen-bond donors (Lipinski definition) is 0. The Morgan fingerprint density at radius 1 is 0.679 bits per heavy atom. The van der Waals surface area contributed by atoms with E-state index < -0.39 is 0 Å². The van der Waals surface area contributed by atoms with Crippen molar-refractivity contribution in [1.82, 2.24) is 9.13 Å². The van der Waals surface area contributed by atoms with Gasteiger partial charge in [0.15, 0.2) is 0 Å². The summed E-state index contributed by atoms with van der Waals surface area (Å²) in [5, 5.41) is 13.1. The van der Waals surface area contributed by atoms with Crippen LogP contribution in [0.15, 0.2) is 70.0 Å². The molecule has 1 aromatic heterocycles. The van der Waals surface area contributed by atoms with Crippen molar-refractivity contribution in [1.29, 1.82) is 0 Å². The fraction of sp³-hybridized carbons (Fsp3) is 0.435. The minimum atomic E-state index is 0.113. The van der Waals surface area contributed by atoms with Crippen molar-refractivity contribution < 1.29 is 0 Å². The first-order valence-corrected chi connectivity index (χ1v) is 9.82. The van der Waals surface area contributed by atoms with E-state index in [0.717, 1.165) is 24.4 Å². The molecule has 5 heteroatoms. The molecule has 0 bridgehead atoms. The molecule has 0 radical (unpaired) electrons. The van der Waals surface area contributed by atoms with E-state index in [2.05, 4.69) is 90.4 Å². The molecule has 0 N–H and O–H groups in total. The van der Waals surface area contributed by atoms with Gasteiger partial charge in [-0.3, -0.25) is 0 Å². The fourth-order valence-electron chi connectivity index (χ4n) is 3.26. The lowest BCUT2D eigenvalue weighted by atomic mass is 9.97. The topological polar surface area (TPSA) is 46.9 Å². The summed E-state index contributed by atoms with van der Waals surface area (Å²) in [5.74, 6) is 0. The summed E-state index contributed by atoms with van der Waals surface area (Å²) in [7, 11) is 0. The number of aromatic nitrogens is 2. The molecule has 3 rings (SSSR count). The van der Waals surface area contributed by atoms with Crippen molar-refractivity contribution in [2.45, 2.75) is 54.6 Å². The van der Waals surface area contributed by atoms with Crippen LogP contribution >= 0.6 is 0 Å². The molecule has 0 aliphatic carbocycles. The third-order valence-electron chi connectivity index (χ3n) is 4.26. The largest absolute Gasteiger partial charge is 0.308 e. The molecule has 0 amide bonds. The van der Waals surface area contributed by atoms with E-state index >= 15 is 0 Å². The molecule has 0 fully saturated rings. The average Bonchev–Trinajstić information content (AvgIpc) is 2.87. The molecule has 0 atom stereocenters. The van der Waals surface area contributed by atoms with Crippen molar-refractivity contribution in [2.24, 2.45) is 26.3 Å². The minimum absolute atomic E-state index is 0.113. The number of rotatable bonds is 4. The van der Waals surface area contributed by atoms with Crippen molar-refractivity contribution in [3.8, 4) is 0 Å². The Kier molecular flexibility index (Phi) is 5.54. The van der Waals surface area contributed by atoms with E-state index in [1.165, 1.54) is 11.0 Å². The molecule has 148 valence electrons. The third kappa shape index (κ3) is 4.97. The normalized spacial score (nSPS) is 12.8. The van der Waals surface area contributed by atoms with Crippen molar-refractivity contribution >= 4 is 16.7 Å². The lowest BCUT2D eigenvalue weighted by Crippen LogP contribution is -2.32.